The third-order valence-electron chi connectivity index (χ3n) is 4.77. The molecule has 2 amide bonds. The Balaban J connectivity index is 1.52. The number of nitrogens with one attached hydrogen (secondary N) is 2. The number of amides is 2. The summed E-state index contributed by atoms with van der Waals surface area (Å²) in [4.78, 5) is 28.7. The molecule has 0 spiro atoms. The number of para-hydroxylation sites is 1. The monoisotopic (exact) mass is 432 g/mol. The van der Waals surface area contributed by atoms with Crippen molar-refractivity contribution >= 4 is 28.8 Å². The second-order valence-corrected chi connectivity index (χ2v) is 7.27. The van der Waals surface area contributed by atoms with Crippen LogP contribution in [0.15, 0.2) is 67.0 Å². The van der Waals surface area contributed by atoms with E-state index < -0.39 is 11.7 Å². The minimum Gasteiger partial charge on any atom is -0.486 e. The van der Waals surface area contributed by atoms with Crippen LogP contribution in [0.4, 0.5) is 15.8 Å². The van der Waals surface area contributed by atoms with Gasteiger partial charge in [-0.2, -0.15) is 0 Å². The zero-order chi connectivity index (χ0) is 22.7. The Hall–Kier alpha value is -4.20. The summed E-state index contributed by atoms with van der Waals surface area (Å²) in [7, 11) is 0. The third-order valence-corrected chi connectivity index (χ3v) is 4.77. The first kappa shape index (κ1) is 21.0. The van der Waals surface area contributed by atoms with Crippen LogP contribution >= 0.6 is 0 Å². The van der Waals surface area contributed by atoms with Crippen molar-refractivity contribution in [1.82, 2.24) is 9.38 Å². The molecule has 2 aromatic carbocycles. The summed E-state index contributed by atoms with van der Waals surface area (Å²) in [5, 5.41) is 5.10. The number of halogens is 1. The first-order chi connectivity index (χ1) is 15.4. The topological polar surface area (TPSA) is 84.7 Å². The van der Waals surface area contributed by atoms with Gasteiger partial charge in [0.25, 0.3) is 5.91 Å². The lowest BCUT2D eigenvalue weighted by atomic mass is 10.1. The highest BCUT2D eigenvalue weighted by Crippen LogP contribution is 2.24. The highest BCUT2D eigenvalue weighted by molar-refractivity contribution is 6.06. The molecule has 0 radical (unpaired) electrons. The molecule has 7 nitrogen and oxygen atoms in total. The van der Waals surface area contributed by atoms with Crippen LogP contribution in [0, 0.1) is 12.7 Å². The lowest BCUT2D eigenvalue weighted by Gasteiger charge is -2.12. The summed E-state index contributed by atoms with van der Waals surface area (Å²) in [6.07, 6.45) is 3.78. The van der Waals surface area contributed by atoms with E-state index in [1.54, 1.807) is 24.3 Å². The number of carbonyl (C=O) groups is 2. The average Bonchev–Trinajstić information content (AvgIpc) is 3.19. The standard InChI is InChI=1S/C24H21FN4O3/c1-15-6-5-11-29-13-18(27-23(15)29)14-32-22-8-4-3-7-19(22)24(31)28-21-12-17(26-16(2)30)9-10-20(21)25/h3-13H,14H2,1-2H3,(H,26,30)(H,28,31). The zero-order valence-electron chi connectivity index (χ0n) is 17.6. The van der Waals surface area contributed by atoms with E-state index in [1.165, 1.54) is 25.1 Å². The summed E-state index contributed by atoms with van der Waals surface area (Å²) < 4.78 is 22.0. The molecule has 0 fully saturated rings. The molecule has 8 heteroatoms. The van der Waals surface area contributed by atoms with E-state index in [4.69, 9.17) is 4.74 Å². The van der Waals surface area contributed by atoms with Crippen molar-refractivity contribution in [1.29, 1.82) is 0 Å². The van der Waals surface area contributed by atoms with Crippen LogP contribution in [0.5, 0.6) is 5.75 Å². The van der Waals surface area contributed by atoms with Gasteiger partial charge in [0.2, 0.25) is 5.91 Å². The molecule has 0 saturated heterocycles. The molecule has 0 unspecified atom stereocenters. The Morgan fingerprint density at radius 1 is 1.09 bits per heavy atom. The maximum atomic E-state index is 14.2. The lowest BCUT2D eigenvalue weighted by Crippen LogP contribution is -2.15. The molecule has 0 saturated carbocycles. The van der Waals surface area contributed by atoms with E-state index in [0.717, 1.165) is 11.2 Å². The number of aryl methyl sites for hydroxylation is 1. The minimum atomic E-state index is -0.620. The molecule has 0 aliphatic rings. The largest absolute Gasteiger partial charge is 0.486 e. The summed E-state index contributed by atoms with van der Waals surface area (Å²) in [6, 6.07) is 14.6. The number of ether oxygens (including phenoxy) is 1. The number of rotatable bonds is 6. The second-order valence-electron chi connectivity index (χ2n) is 7.27. The number of imidazole rings is 1. The molecule has 0 aliphatic carbocycles. The predicted octanol–water partition coefficient (Wildman–Crippen LogP) is 4.57. The van der Waals surface area contributed by atoms with Gasteiger partial charge in [0.15, 0.2) is 0 Å². The van der Waals surface area contributed by atoms with Crippen LogP contribution in [0.25, 0.3) is 5.65 Å². The van der Waals surface area contributed by atoms with Gasteiger partial charge in [-0.1, -0.05) is 18.2 Å². The van der Waals surface area contributed by atoms with Gasteiger partial charge >= 0.3 is 0 Å². The van der Waals surface area contributed by atoms with Crippen LogP contribution in [-0.2, 0) is 11.4 Å². The van der Waals surface area contributed by atoms with E-state index >= 15 is 0 Å². The molecule has 4 rings (SSSR count). The first-order valence-corrected chi connectivity index (χ1v) is 9.94. The van der Waals surface area contributed by atoms with Gasteiger partial charge in [-0.25, -0.2) is 9.37 Å². The third kappa shape index (κ3) is 4.59. The fourth-order valence-electron chi connectivity index (χ4n) is 3.30. The molecule has 2 N–H and O–H groups in total. The summed E-state index contributed by atoms with van der Waals surface area (Å²) in [5.74, 6) is -1.11. The molecule has 0 atom stereocenters. The van der Waals surface area contributed by atoms with Crippen LogP contribution in [-0.4, -0.2) is 21.2 Å². The first-order valence-electron chi connectivity index (χ1n) is 9.94. The van der Waals surface area contributed by atoms with E-state index in [9.17, 15) is 14.0 Å². The van der Waals surface area contributed by atoms with Crippen molar-refractivity contribution in [3.63, 3.8) is 0 Å². The molecule has 4 aromatic rings. The normalized spacial score (nSPS) is 10.7. The number of nitrogens with zero attached hydrogens (tertiary/aromatic N) is 2. The van der Waals surface area contributed by atoms with Crippen molar-refractivity contribution in [3.8, 4) is 5.75 Å². The molecule has 0 aliphatic heterocycles. The Morgan fingerprint density at radius 3 is 2.69 bits per heavy atom. The van der Waals surface area contributed by atoms with Crippen LogP contribution in [0.1, 0.15) is 28.5 Å². The summed E-state index contributed by atoms with van der Waals surface area (Å²) >= 11 is 0. The lowest BCUT2D eigenvalue weighted by molar-refractivity contribution is -0.114. The number of carbonyl (C=O) groups excluding carboxylic acids is 2. The van der Waals surface area contributed by atoms with E-state index in [2.05, 4.69) is 15.6 Å². The Bertz CT molecular complexity index is 1320. The molecule has 162 valence electrons. The Kier molecular flexibility index (Phi) is 5.85. The highest BCUT2D eigenvalue weighted by atomic mass is 19.1. The predicted molar refractivity (Wildman–Crippen MR) is 119 cm³/mol. The maximum absolute atomic E-state index is 14.2. The number of hydrogen-bond acceptors (Lipinski definition) is 4. The van der Waals surface area contributed by atoms with Gasteiger partial charge in [0, 0.05) is 25.0 Å². The van der Waals surface area contributed by atoms with Gasteiger partial charge in [0.05, 0.1) is 16.9 Å². The van der Waals surface area contributed by atoms with Crippen LogP contribution < -0.4 is 15.4 Å². The summed E-state index contributed by atoms with van der Waals surface area (Å²) in [6.45, 7) is 3.49. The highest BCUT2D eigenvalue weighted by Gasteiger charge is 2.16. The molecular weight excluding hydrogens is 411 g/mol. The number of benzene rings is 2. The van der Waals surface area contributed by atoms with Gasteiger partial charge < -0.3 is 19.8 Å². The Labute approximate surface area is 183 Å². The van der Waals surface area contributed by atoms with Gasteiger partial charge in [-0.05, 0) is 48.9 Å². The van der Waals surface area contributed by atoms with Crippen molar-refractivity contribution in [2.75, 3.05) is 10.6 Å². The smallest absolute Gasteiger partial charge is 0.259 e. The van der Waals surface area contributed by atoms with Crippen LogP contribution in [0.2, 0.25) is 0 Å². The van der Waals surface area contributed by atoms with Crippen molar-refractivity contribution in [3.05, 3.63) is 89.6 Å². The minimum absolute atomic E-state index is 0.0492. The van der Waals surface area contributed by atoms with Crippen molar-refractivity contribution < 1.29 is 18.7 Å². The van der Waals surface area contributed by atoms with E-state index in [0.29, 0.717) is 17.1 Å². The zero-order valence-corrected chi connectivity index (χ0v) is 17.6. The van der Waals surface area contributed by atoms with Crippen LogP contribution in [0.3, 0.4) is 0 Å². The number of aromatic nitrogens is 2. The Morgan fingerprint density at radius 2 is 1.91 bits per heavy atom. The SMILES string of the molecule is CC(=O)Nc1ccc(F)c(NC(=O)c2ccccc2OCc2cn3cccc(C)c3n2)c1. The fraction of sp³-hybridized carbons (Fsp3) is 0.125. The molecule has 2 aromatic heterocycles. The number of pyridine rings is 1. The van der Waals surface area contributed by atoms with Gasteiger partial charge in [-0.15, -0.1) is 0 Å². The summed E-state index contributed by atoms with van der Waals surface area (Å²) in [5.41, 5.74) is 3.17. The van der Waals surface area contributed by atoms with Crippen molar-refractivity contribution in [2.45, 2.75) is 20.5 Å². The quantitative estimate of drug-likeness (QED) is 0.467. The maximum Gasteiger partial charge on any atom is 0.259 e. The fourth-order valence-corrected chi connectivity index (χ4v) is 3.30. The van der Waals surface area contributed by atoms with Gasteiger partial charge in [-0.3, -0.25) is 9.59 Å². The van der Waals surface area contributed by atoms with E-state index in [1.807, 2.05) is 35.9 Å². The average molecular weight is 432 g/mol. The number of hydrogen-bond donors (Lipinski definition) is 2. The van der Waals surface area contributed by atoms with Gasteiger partial charge in [0.1, 0.15) is 23.8 Å². The molecule has 32 heavy (non-hydrogen) atoms. The van der Waals surface area contributed by atoms with Crippen molar-refractivity contribution in [2.24, 2.45) is 0 Å². The second kappa shape index (κ2) is 8.89. The molecular formula is C24H21FN4O3. The molecule has 0 bridgehead atoms. The molecule has 2 heterocycles. The van der Waals surface area contributed by atoms with E-state index in [-0.39, 0.29) is 23.8 Å². The number of fused-ring (bicyclic) bond motifs is 1. The number of anilines is 2.